The van der Waals surface area contributed by atoms with Crippen molar-refractivity contribution in [2.45, 2.75) is 37.6 Å². The van der Waals surface area contributed by atoms with Crippen LogP contribution in [0, 0.1) is 6.92 Å². The predicted molar refractivity (Wildman–Crippen MR) is 126 cm³/mol. The Morgan fingerprint density at radius 1 is 1.12 bits per heavy atom. The van der Waals surface area contributed by atoms with E-state index in [9.17, 15) is 13.2 Å². The van der Waals surface area contributed by atoms with Crippen molar-refractivity contribution in [2.75, 3.05) is 37.6 Å². The summed E-state index contributed by atoms with van der Waals surface area (Å²) in [7, 11) is -3.71. The van der Waals surface area contributed by atoms with E-state index in [-0.39, 0.29) is 28.6 Å². The molecule has 4 heterocycles. The van der Waals surface area contributed by atoms with Crippen LogP contribution in [-0.4, -0.2) is 77.5 Å². The van der Waals surface area contributed by atoms with Crippen molar-refractivity contribution in [3.05, 3.63) is 48.0 Å². The standard InChI is InChI=1S/C23H28N6O4S/c1-16-6-5-7-18(12-16)29-11-10-28(15-17(29)2)34(31,32)19-13-20(24-14-19)21-25-26-22(33-21)23(30)27-8-3-4-9-27/h5-7,12-14,17,24H,3-4,8-11,15H2,1-2H3. The summed E-state index contributed by atoms with van der Waals surface area (Å²) in [6, 6.07) is 9.74. The minimum absolute atomic E-state index is 0.0267. The summed E-state index contributed by atoms with van der Waals surface area (Å²) in [6.45, 7) is 6.81. The number of likely N-dealkylation sites (tertiary alicyclic amines) is 1. The van der Waals surface area contributed by atoms with E-state index < -0.39 is 10.0 Å². The van der Waals surface area contributed by atoms with E-state index in [4.69, 9.17) is 4.42 Å². The molecule has 0 radical (unpaired) electrons. The number of H-pyrrole nitrogens is 1. The van der Waals surface area contributed by atoms with Crippen LogP contribution in [0.5, 0.6) is 0 Å². The molecule has 2 aliphatic heterocycles. The lowest BCUT2D eigenvalue weighted by Crippen LogP contribution is -2.53. The van der Waals surface area contributed by atoms with Gasteiger partial charge in [0, 0.05) is 50.6 Å². The fraction of sp³-hybridized carbons (Fsp3) is 0.435. The van der Waals surface area contributed by atoms with Crippen LogP contribution in [0.4, 0.5) is 5.69 Å². The number of carbonyl (C=O) groups is 1. The highest BCUT2D eigenvalue weighted by Gasteiger charge is 2.33. The summed E-state index contributed by atoms with van der Waals surface area (Å²) >= 11 is 0. The van der Waals surface area contributed by atoms with Gasteiger partial charge in [-0.2, -0.15) is 4.31 Å². The number of hydrogen-bond donors (Lipinski definition) is 1. The lowest BCUT2D eigenvalue weighted by atomic mass is 10.1. The van der Waals surface area contributed by atoms with Crippen molar-refractivity contribution in [3.8, 4) is 11.6 Å². The number of aromatic nitrogens is 3. The quantitative estimate of drug-likeness (QED) is 0.592. The Balaban J connectivity index is 1.30. The molecule has 1 amide bonds. The second kappa shape index (κ2) is 8.88. The lowest BCUT2D eigenvalue weighted by Gasteiger charge is -2.40. The highest BCUT2D eigenvalue weighted by Crippen LogP contribution is 2.27. The average molecular weight is 485 g/mol. The third kappa shape index (κ3) is 4.21. The van der Waals surface area contributed by atoms with Crippen molar-refractivity contribution in [2.24, 2.45) is 0 Å². The number of benzene rings is 1. The number of aryl methyl sites for hydroxylation is 1. The molecule has 180 valence electrons. The van der Waals surface area contributed by atoms with Crippen LogP contribution in [0.15, 0.2) is 45.8 Å². The number of hydrogen-bond acceptors (Lipinski definition) is 7. The fourth-order valence-corrected chi connectivity index (χ4v) is 6.11. The number of anilines is 1. The maximum Gasteiger partial charge on any atom is 0.311 e. The molecular weight excluding hydrogens is 456 g/mol. The average Bonchev–Trinajstić information content (AvgIpc) is 3.60. The highest BCUT2D eigenvalue weighted by molar-refractivity contribution is 7.89. The molecule has 2 fully saturated rings. The molecular formula is C23H28N6O4S. The molecule has 0 aliphatic carbocycles. The van der Waals surface area contributed by atoms with Gasteiger partial charge < -0.3 is 19.2 Å². The molecule has 34 heavy (non-hydrogen) atoms. The molecule has 11 heteroatoms. The van der Waals surface area contributed by atoms with Gasteiger partial charge in [-0.3, -0.25) is 4.79 Å². The maximum atomic E-state index is 13.3. The first-order chi connectivity index (χ1) is 16.3. The molecule has 2 aliphatic rings. The second-order valence-corrected chi connectivity index (χ2v) is 10.8. The first kappa shape index (κ1) is 22.6. The van der Waals surface area contributed by atoms with Gasteiger partial charge >= 0.3 is 11.8 Å². The number of aromatic amines is 1. The van der Waals surface area contributed by atoms with E-state index in [1.54, 1.807) is 4.90 Å². The third-order valence-corrected chi connectivity index (χ3v) is 8.29. The topological polar surface area (TPSA) is 116 Å². The maximum absolute atomic E-state index is 13.3. The van der Waals surface area contributed by atoms with Gasteiger partial charge in [0.05, 0.1) is 0 Å². The second-order valence-electron chi connectivity index (χ2n) is 8.91. The lowest BCUT2D eigenvalue weighted by molar-refractivity contribution is 0.0754. The van der Waals surface area contributed by atoms with Crippen LogP contribution in [-0.2, 0) is 10.0 Å². The smallest absolute Gasteiger partial charge is 0.311 e. The van der Waals surface area contributed by atoms with Crippen molar-refractivity contribution in [1.29, 1.82) is 0 Å². The van der Waals surface area contributed by atoms with Gasteiger partial charge in [0.15, 0.2) is 0 Å². The van der Waals surface area contributed by atoms with Gasteiger partial charge in [0.1, 0.15) is 10.6 Å². The van der Waals surface area contributed by atoms with Crippen LogP contribution in [0.25, 0.3) is 11.6 Å². The molecule has 0 saturated carbocycles. The van der Waals surface area contributed by atoms with Gasteiger partial charge in [-0.05, 0) is 50.5 Å². The Kier molecular flexibility index (Phi) is 5.90. The summed E-state index contributed by atoms with van der Waals surface area (Å²) < 4.78 is 33.7. The summed E-state index contributed by atoms with van der Waals surface area (Å²) in [5, 5.41) is 7.80. The number of carbonyl (C=O) groups excluding carboxylic acids is 1. The summed E-state index contributed by atoms with van der Waals surface area (Å²) in [5.41, 5.74) is 2.63. The van der Waals surface area contributed by atoms with E-state index in [1.807, 2.05) is 26.0 Å². The van der Waals surface area contributed by atoms with Gasteiger partial charge in [-0.25, -0.2) is 8.42 Å². The fourth-order valence-electron chi connectivity index (χ4n) is 4.60. The first-order valence-corrected chi connectivity index (χ1v) is 12.9. The Morgan fingerprint density at radius 2 is 1.91 bits per heavy atom. The zero-order chi connectivity index (χ0) is 23.9. The van der Waals surface area contributed by atoms with Gasteiger partial charge in [-0.15, -0.1) is 10.2 Å². The van der Waals surface area contributed by atoms with E-state index in [0.717, 1.165) is 18.5 Å². The Morgan fingerprint density at radius 3 is 2.65 bits per heavy atom. The zero-order valence-electron chi connectivity index (χ0n) is 19.3. The van der Waals surface area contributed by atoms with Crippen molar-refractivity contribution in [3.63, 3.8) is 0 Å². The molecule has 3 aromatic rings. The van der Waals surface area contributed by atoms with Crippen molar-refractivity contribution in [1.82, 2.24) is 24.4 Å². The highest BCUT2D eigenvalue weighted by atomic mass is 32.2. The van der Waals surface area contributed by atoms with E-state index in [0.29, 0.717) is 38.4 Å². The van der Waals surface area contributed by atoms with Crippen molar-refractivity contribution < 1.29 is 17.6 Å². The molecule has 1 aromatic carbocycles. The van der Waals surface area contributed by atoms with Crippen LogP contribution < -0.4 is 4.90 Å². The van der Waals surface area contributed by atoms with E-state index in [2.05, 4.69) is 32.2 Å². The largest absolute Gasteiger partial charge is 0.411 e. The van der Waals surface area contributed by atoms with Gasteiger partial charge in [-0.1, -0.05) is 12.1 Å². The summed E-state index contributed by atoms with van der Waals surface area (Å²) in [5.74, 6) is -0.297. The van der Waals surface area contributed by atoms with Gasteiger partial charge in [0.2, 0.25) is 10.0 Å². The molecule has 10 nitrogen and oxygen atoms in total. The number of amides is 1. The molecule has 2 aromatic heterocycles. The normalized spacial score (nSPS) is 19.6. The number of rotatable bonds is 5. The van der Waals surface area contributed by atoms with Crippen LogP contribution in [0.2, 0.25) is 0 Å². The number of piperazine rings is 1. The minimum atomic E-state index is -3.71. The number of nitrogens with zero attached hydrogens (tertiary/aromatic N) is 5. The SMILES string of the molecule is Cc1cccc(N2CCN(S(=O)(=O)c3c[nH]c(-c4nnc(C(=O)N5CCCC5)o4)c3)CC2C)c1. The Labute approximate surface area is 198 Å². The molecule has 1 N–H and O–H groups in total. The summed E-state index contributed by atoms with van der Waals surface area (Å²) in [4.78, 5) is 19.4. The van der Waals surface area contributed by atoms with Crippen molar-refractivity contribution >= 4 is 21.6 Å². The summed E-state index contributed by atoms with van der Waals surface area (Å²) in [6.07, 6.45) is 3.35. The number of sulfonamides is 1. The van der Waals surface area contributed by atoms with E-state index in [1.165, 1.54) is 22.1 Å². The predicted octanol–water partition coefficient (Wildman–Crippen LogP) is 2.51. The monoisotopic (exact) mass is 484 g/mol. The van der Waals surface area contributed by atoms with Crippen LogP contribution in [0.1, 0.15) is 36.0 Å². The van der Waals surface area contributed by atoms with Crippen LogP contribution >= 0.6 is 0 Å². The van der Waals surface area contributed by atoms with Gasteiger partial charge in [0.25, 0.3) is 5.89 Å². The molecule has 2 saturated heterocycles. The minimum Gasteiger partial charge on any atom is -0.411 e. The first-order valence-electron chi connectivity index (χ1n) is 11.5. The molecule has 0 bridgehead atoms. The van der Waals surface area contributed by atoms with Crippen LogP contribution in [0.3, 0.4) is 0 Å². The Bertz CT molecular complexity index is 1290. The number of nitrogens with one attached hydrogen (secondary N) is 1. The Hall–Kier alpha value is -3.18. The molecule has 1 unspecified atom stereocenters. The molecule has 5 rings (SSSR count). The molecule has 0 spiro atoms. The molecule has 1 atom stereocenters. The van der Waals surface area contributed by atoms with E-state index >= 15 is 0 Å². The third-order valence-electron chi connectivity index (χ3n) is 6.45. The zero-order valence-corrected chi connectivity index (χ0v) is 20.1.